The Morgan fingerprint density at radius 2 is 2.21 bits per heavy atom. The number of nitriles is 1. The summed E-state index contributed by atoms with van der Waals surface area (Å²) >= 11 is 0. The van der Waals surface area contributed by atoms with Crippen molar-refractivity contribution in [3.05, 3.63) is 30.1 Å². The summed E-state index contributed by atoms with van der Waals surface area (Å²) in [5.41, 5.74) is 1.88. The van der Waals surface area contributed by atoms with Gasteiger partial charge in [-0.05, 0) is 26.1 Å². The third kappa shape index (κ3) is 2.60. The summed E-state index contributed by atoms with van der Waals surface area (Å²) in [4.78, 5) is 6.65. The lowest BCUT2D eigenvalue weighted by Gasteiger charge is -2.23. The highest BCUT2D eigenvalue weighted by molar-refractivity contribution is 5.76. The summed E-state index contributed by atoms with van der Waals surface area (Å²) in [5, 5.41) is 18.0. The number of imidazole rings is 1. The number of hydrogen-bond donors (Lipinski definition) is 1. The number of rotatable bonds is 5. The summed E-state index contributed by atoms with van der Waals surface area (Å²) < 4.78 is 1.94. The smallest absolute Gasteiger partial charge is 0.127 e. The van der Waals surface area contributed by atoms with E-state index in [2.05, 4.69) is 11.1 Å². The second-order valence-electron chi connectivity index (χ2n) is 4.58. The van der Waals surface area contributed by atoms with Gasteiger partial charge in [-0.2, -0.15) is 5.26 Å². The summed E-state index contributed by atoms with van der Waals surface area (Å²) in [6.07, 6.45) is 0. The number of aliphatic hydroxyl groups is 1. The lowest BCUT2D eigenvalue weighted by molar-refractivity contribution is 0.183. The minimum atomic E-state index is 0.0490. The normalized spacial score (nSPS) is 12.8. The van der Waals surface area contributed by atoms with Crippen LogP contribution in [0.1, 0.15) is 18.8 Å². The molecule has 0 saturated heterocycles. The van der Waals surface area contributed by atoms with Gasteiger partial charge in [0, 0.05) is 6.54 Å². The molecule has 100 valence electrons. The van der Waals surface area contributed by atoms with Crippen LogP contribution in [0.15, 0.2) is 24.3 Å². The Balaban J connectivity index is 2.47. The Morgan fingerprint density at radius 1 is 1.47 bits per heavy atom. The number of benzene rings is 1. The van der Waals surface area contributed by atoms with E-state index in [0.717, 1.165) is 16.9 Å². The third-order valence-electron chi connectivity index (χ3n) is 3.40. The summed E-state index contributed by atoms with van der Waals surface area (Å²) in [7, 11) is 1.94. The maximum Gasteiger partial charge on any atom is 0.127 e. The van der Waals surface area contributed by atoms with Crippen molar-refractivity contribution in [3.8, 4) is 6.07 Å². The van der Waals surface area contributed by atoms with Crippen molar-refractivity contribution in [2.45, 2.75) is 19.5 Å². The molecule has 0 fully saturated rings. The summed E-state index contributed by atoms with van der Waals surface area (Å²) in [6.45, 7) is 3.01. The number of nitrogens with zero attached hydrogens (tertiary/aromatic N) is 4. The highest BCUT2D eigenvalue weighted by Crippen LogP contribution is 2.23. The molecule has 2 aromatic rings. The van der Waals surface area contributed by atoms with Gasteiger partial charge in [0.25, 0.3) is 0 Å². The van der Waals surface area contributed by atoms with Crippen LogP contribution in [0.3, 0.4) is 0 Å². The van der Waals surface area contributed by atoms with Crippen LogP contribution in [0.4, 0.5) is 0 Å². The predicted molar refractivity (Wildman–Crippen MR) is 73.5 cm³/mol. The minimum absolute atomic E-state index is 0.0490. The summed E-state index contributed by atoms with van der Waals surface area (Å²) in [6, 6.07) is 10.0. The fraction of sp³-hybridized carbons (Fsp3) is 0.429. The van der Waals surface area contributed by atoms with Crippen molar-refractivity contribution in [2.24, 2.45) is 0 Å². The first kappa shape index (κ1) is 13.5. The fourth-order valence-corrected chi connectivity index (χ4v) is 2.20. The maximum atomic E-state index is 9.02. The Morgan fingerprint density at radius 3 is 2.89 bits per heavy atom. The lowest BCUT2D eigenvalue weighted by atomic mass is 10.2. The van der Waals surface area contributed by atoms with Crippen LogP contribution in [0.5, 0.6) is 0 Å². The molecule has 1 aromatic carbocycles. The number of hydrogen-bond acceptors (Lipinski definition) is 4. The molecule has 5 heteroatoms. The monoisotopic (exact) mass is 258 g/mol. The molecule has 1 N–H and O–H groups in total. The van der Waals surface area contributed by atoms with E-state index in [1.807, 2.05) is 47.7 Å². The Hall–Kier alpha value is -1.90. The van der Waals surface area contributed by atoms with E-state index in [1.54, 1.807) is 0 Å². The van der Waals surface area contributed by atoms with Crippen LogP contribution in [-0.4, -0.2) is 39.8 Å². The van der Waals surface area contributed by atoms with Gasteiger partial charge in [0.15, 0.2) is 0 Å². The maximum absolute atomic E-state index is 9.02. The van der Waals surface area contributed by atoms with Crippen molar-refractivity contribution in [3.63, 3.8) is 0 Å². The standard InChI is InChI=1S/C14H18N4O/c1-11(17(2)9-10-19)14-16-12-5-3-4-6-13(12)18(14)8-7-15/h3-6,11,19H,8-10H2,1-2H3. The van der Waals surface area contributed by atoms with E-state index < -0.39 is 0 Å². The van der Waals surface area contributed by atoms with Crippen LogP contribution < -0.4 is 0 Å². The average molecular weight is 258 g/mol. The van der Waals surface area contributed by atoms with Gasteiger partial charge in [0.05, 0.1) is 29.8 Å². The minimum Gasteiger partial charge on any atom is -0.395 e. The molecule has 0 aliphatic heterocycles. The number of fused-ring (bicyclic) bond motifs is 1. The molecule has 0 aliphatic rings. The largest absolute Gasteiger partial charge is 0.395 e. The van der Waals surface area contributed by atoms with Crippen molar-refractivity contribution in [2.75, 3.05) is 20.2 Å². The molecule has 0 aliphatic carbocycles. The van der Waals surface area contributed by atoms with Crippen molar-refractivity contribution >= 4 is 11.0 Å². The van der Waals surface area contributed by atoms with Crippen molar-refractivity contribution in [1.29, 1.82) is 5.26 Å². The van der Waals surface area contributed by atoms with Gasteiger partial charge in [-0.3, -0.25) is 4.90 Å². The van der Waals surface area contributed by atoms with Crippen LogP contribution >= 0.6 is 0 Å². The molecule has 0 radical (unpaired) electrons. The van der Waals surface area contributed by atoms with Gasteiger partial charge < -0.3 is 9.67 Å². The van der Waals surface area contributed by atoms with Gasteiger partial charge in [-0.25, -0.2) is 4.98 Å². The van der Waals surface area contributed by atoms with Crippen LogP contribution in [-0.2, 0) is 6.54 Å². The van der Waals surface area contributed by atoms with Crippen LogP contribution in [0.25, 0.3) is 11.0 Å². The fourth-order valence-electron chi connectivity index (χ4n) is 2.20. The zero-order valence-electron chi connectivity index (χ0n) is 11.2. The van der Waals surface area contributed by atoms with Gasteiger partial charge in [0.1, 0.15) is 12.4 Å². The van der Waals surface area contributed by atoms with E-state index in [1.165, 1.54) is 0 Å². The molecule has 5 nitrogen and oxygen atoms in total. The second kappa shape index (κ2) is 5.83. The van der Waals surface area contributed by atoms with E-state index >= 15 is 0 Å². The molecule has 2 rings (SSSR count). The molecule has 0 bridgehead atoms. The van der Waals surface area contributed by atoms with E-state index in [-0.39, 0.29) is 19.2 Å². The van der Waals surface area contributed by atoms with Gasteiger partial charge >= 0.3 is 0 Å². The first-order valence-electron chi connectivity index (χ1n) is 6.32. The number of aromatic nitrogens is 2. The third-order valence-corrected chi connectivity index (χ3v) is 3.40. The number of aliphatic hydroxyl groups excluding tert-OH is 1. The first-order chi connectivity index (χ1) is 9.19. The van der Waals surface area contributed by atoms with Gasteiger partial charge in [0.2, 0.25) is 0 Å². The summed E-state index contributed by atoms with van der Waals surface area (Å²) in [5.74, 6) is 0.860. The van der Waals surface area contributed by atoms with E-state index in [4.69, 9.17) is 10.4 Å². The first-order valence-corrected chi connectivity index (χ1v) is 6.32. The average Bonchev–Trinajstić information content (AvgIpc) is 2.78. The van der Waals surface area contributed by atoms with Crippen molar-refractivity contribution < 1.29 is 5.11 Å². The molecule has 1 unspecified atom stereocenters. The van der Waals surface area contributed by atoms with Gasteiger partial charge in [-0.15, -0.1) is 0 Å². The molecule has 1 atom stereocenters. The quantitative estimate of drug-likeness (QED) is 0.883. The molecule has 19 heavy (non-hydrogen) atoms. The van der Waals surface area contributed by atoms with Crippen LogP contribution in [0.2, 0.25) is 0 Å². The number of para-hydroxylation sites is 2. The molecular formula is C14H18N4O. The zero-order valence-corrected chi connectivity index (χ0v) is 11.2. The molecule has 1 aromatic heterocycles. The second-order valence-corrected chi connectivity index (χ2v) is 4.58. The Labute approximate surface area is 112 Å². The molecule has 1 heterocycles. The number of likely N-dealkylation sites (N-methyl/N-ethyl adjacent to an activating group) is 1. The Kier molecular flexibility index (Phi) is 4.15. The van der Waals surface area contributed by atoms with Crippen molar-refractivity contribution in [1.82, 2.24) is 14.5 Å². The van der Waals surface area contributed by atoms with Gasteiger partial charge in [-0.1, -0.05) is 12.1 Å². The molecule has 0 spiro atoms. The molecule has 0 saturated carbocycles. The zero-order chi connectivity index (χ0) is 13.8. The van der Waals surface area contributed by atoms with Crippen LogP contribution in [0, 0.1) is 11.3 Å². The molecule has 0 amide bonds. The topological polar surface area (TPSA) is 65.1 Å². The highest BCUT2D eigenvalue weighted by Gasteiger charge is 2.19. The molecular weight excluding hydrogens is 240 g/mol. The lowest BCUT2D eigenvalue weighted by Crippen LogP contribution is -2.27. The highest BCUT2D eigenvalue weighted by atomic mass is 16.3. The SMILES string of the molecule is CC(c1nc2ccccc2n1CC#N)N(C)CCO. The van der Waals surface area contributed by atoms with E-state index in [0.29, 0.717) is 6.54 Å². The Bertz CT molecular complexity index is 599. The predicted octanol–water partition coefficient (Wildman–Crippen LogP) is 1.54. The van der Waals surface area contributed by atoms with E-state index in [9.17, 15) is 0 Å².